The number of carbonyl (C=O) groups excluding carboxylic acids is 1. The molecule has 19 heavy (non-hydrogen) atoms. The van der Waals surface area contributed by atoms with Gasteiger partial charge in [0.25, 0.3) is 5.56 Å². The summed E-state index contributed by atoms with van der Waals surface area (Å²) in [7, 11) is 3.35. The number of urea groups is 1. The van der Waals surface area contributed by atoms with Crippen molar-refractivity contribution in [3.8, 4) is 0 Å². The van der Waals surface area contributed by atoms with Crippen LogP contribution in [-0.4, -0.2) is 48.1 Å². The van der Waals surface area contributed by atoms with Crippen LogP contribution in [0.15, 0.2) is 10.9 Å². The van der Waals surface area contributed by atoms with E-state index >= 15 is 0 Å². The fourth-order valence-electron chi connectivity index (χ4n) is 1.36. The van der Waals surface area contributed by atoms with E-state index in [0.29, 0.717) is 24.7 Å². The predicted molar refractivity (Wildman–Crippen MR) is 74.5 cm³/mol. The van der Waals surface area contributed by atoms with Crippen LogP contribution in [0.5, 0.6) is 0 Å². The number of rotatable bonds is 5. The van der Waals surface area contributed by atoms with Crippen molar-refractivity contribution in [3.63, 3.8) is 0 Å². The molecule has 0 aliphatic rings. The predicted octanol–water partition coefficient (Wildman–Crippen LogP) is 0.576. The second-order valence-corrected chi connectivity index (χ2v) is 4.72. The maximum atomic E-state index is 11.4. The van der Waals surface area contributed by atoms with Crippen molar-refractivity contribution in [2.24, 2.45) is 0 Å². The lowest BCUT2D eigenvalue weighted by Crippen LogP contribution is -2.37. The first-order valence-electron chi connectivity index (χ1n) is 6.20. The molecule has 1 heterocycles. The Bertz CT molecular complexity index is 481. The normalized spacial score (nSPS) is 10.4. The van der Waals surface area contributed by atoms with E-state index in [1.54, 1.807) is 14.1 Å². The van der Waals surface area contributed by atoms with Crippen LogP contribution in [0.25, 0.3) is 0 Å². The molecule has 7 heteroatoms. The van der Waals surface area contributed by atoms with E-state index in [2.05, 4.69) is 20.6 Å². The fraction of sp³-hybridized carbons (Fsp3) is 0.583. The Balaban J connectivity index is 2.50. The molecule has 1 aromatic heterocycles. The quantitative estimate of drug-likeness (QED) is 0.681. The van der Waals surface area contributed by atoms with Gasteiger partial charge in [0, 0.05) is 39.2 Å². The van der Waals surface area contributed by atoms with E-state index in [1.165, 1.54) is 11.0 Å². The summed E-state index contributed by atoms with van der Waals surface area (Å²) in [5, 5.41) is 5.73. The summed E-state index contributed by atoms with van der Waals surface area (Å²) in [6.45, 7) is 4.88. The highest BCUT2D eigenvalue weighted by atomic mass is 16.2. The molecular formula is C12H21N5O2. The molecule has 0 spiro atoms. The van der Waals surface area contributed by atoms with Crippen molar-refractivity contribution in [2.45, 2.75) is 19.8 Å². The van der Waals surface area contributed by atoms with Gasteiger partial charge >= 0.3 is 6.03 Å². The first-order valence-corrected chi connectivity index (χ1v) is 6.20. The number of nitrogens with zero attached hydrogens (tertiary/aromatic N) is 2. The SMILES string of the molecule is CC(C)c1nc(NCCNC(=O)N(C)C)cc(=O)[nH]1. The number of aromatic amines is 1. The molecule has 0 fully saturated rings. The maximum absolute atomic E-state index is 11.4. The highest BCUT2D eigenvalue weighted by molar-refractivity contribution is 5.73. The van der Waals surface area contributed by atoms with Crippen molar-refractivity contribution in [1.29, 1.82) is 0 Å². The molecular weight excluding hydrogens is 246 g/mol. The second-order valence-electron chi connectivity index (χ2n) is 4.72. The minimum absolute atomic E-state index is 0.150. The smallest absolute Gasteiger partial charge is 0.316 e. The number of anilines is 1. The lowest BCUT2D eigenvalue weighted by atomic mass is 10.2. The van der Waals surface area contributed by atoms with Gasteiger partial charge in [-0.05, 0) is 0 Å². The van der Waals surface area contributed by atoms with Crippen molar-refractivity contribution in [2.75, 3.05) is 32.5 Å². The molecule has 0 bridgehead atoms. The standard InChI is InChI=1S/C12H21N5O2/c1-8(2)11-15-9(7-10(18)16-11)13-5-6-14-12(19)17(3)4/h7-8H,5-6H2,1-4H3,(H,14,19)(H2,13,15,16,18). The zero-order valence-corrected chi connectivity index (χ0v) is 11.8. The Kier molecular flexibility index (Phi) is 5.35. The number of hydrogen-bond donors (Lipinski definition) is 3. The third kappa shape index (κ3) is 4.99. The summed E-state index contributed by atoms with van der Waals surface area (Å²) in [6.07, 6.45) is 0. The lowest BCUT2D eigenvalue weighted by Gasteiger charge is -2.12. The average Bonchev–Trinajstić information content (AvgIpc) is 2.33. The number of H-pyrrole nitrogens is 1. The zero-order valence-electron chi connectivity index (χ0n) is 11.8. The van der Waals surface area contributed by atoms with Crippen LogP contribution >= 0.6 is 0 Å². The number of aromatic nitrogens is 2. The fourth-order valence-corrected chi connectivity index (χ4v) is 1.36. The Hall–Kier alpha value is -2.05. The molecule has 1 aromatic rings. The average molecular weight is 267 g/mol. The summed E-state index contributed by atoms with van der Waals surface area (Å²) in [6, 6.07) is 1.25. The van der Waals surface area contributed by atoms with Crippen LogP contribution in [0.2, 0.25) is 0 Å². The number of amides is 2. The number of nitrogens with one attached hydrogen (secondary N) is 3. The Morgan fingerprint density at radius 3 is 2.68 bits per heavy atom. The number of hydrogen-bond acceptors (Lipinski definition) is 4. The van der Waals surface area contributed by atoms with Crippen LogP contribution < -0.4 is 16.2 Å². The van der Waals surface area contributed by atoms with Crippen molar-refractivity contribution in [3.05, 3.63) is 22.2 Å². The third-order valence-corrected chi connectivity index (χ3v) is 2.42. The molecule has 3 N–H and O–H groups in total. The van der Waals surface area contributed by atoms with Crippen molar-refractivity contribution in [1.82, 2.24) is 20.2 Å². The molecule has 0 unspecified atom stereocenters. The van der Waals surface area contributed by atoms with Gasteiger partial charge in [0.05, 0.1) is 0 Å². The van der Waals surface area contributed by atoms with Gasteiger partial charge in [-0.15, -0.1) is 0 Å². The summed E-state index contributed by atoms with van der Waals surface area (Å²) >= 11 is 0. The van der Waals surface area contributed by atoms with Crippen LogP contribution in [0.1, 0.15) is 25.6 Å². The highest BCUT2D eigenvalue weighted by Crippen LogP contribution is 2.08. The van der Waals surface area contributed by atoms with E-state index in [1.807, 2.05) is 13.8 Å². The summed E-state index contributed by atoms with van der Waals surface area (Å²) in [5.74, 6) is 1.32. The second kappa shape index (κ2) is 6.77. The van der Waals surface area contributed by atoms with Gasteiger partial charge in [-0.25, -0.2) is 9.78 Å². The monoisotopic (exact) mass is 267 g/mol. The van der Waals surface area contributed by atoms with Gasteiger partial charge < -0.3 is 20.5 Å². The van der Waals surface area contributed by atoms with Gasteiger partial charge in [-0.2, -0.15) is 0 Å². The highest BCUT2D eigenvalue weighted by Gasteiger charge is 2.05. The lowest BCUT2D eigenvalue weighted by molar-refractivity contribution is 0.218. The summed E-state index contributed by atoms with van der Waals surface area (Å²) in [4.78, 5) is 31.1. The Labute approximate surface area is 112 Å². The van der Waals surface area contributed by atoms with E-state index in [4.69, 9.17) is 0 Å². The molecule has 2 amide bonds. The molecule has 0 saturated heterocycles. The topological polar surface area (TPSA) is 90.1 Å². The minimum atomic E-state index is -0.182. The minimum Gasteiger partial charge on any atom is -0.368 e. The first-order chi connectivity index (χ1) is 8.90. The molecule has 0 aliphatic heterocycles. The van der Waals surface area contributed by atoms with Crippen LogP contribution in [-0.2, 0) is 0 Å². The Morgan fingerprint density at radius 2 is 2.11 bits per heavy atom. The zero-order chi connectivity index (χ0) is 14.4. The maximum Gasteiger partial charge on any atom is 0.316 e. The van der Waals surface area contributed by atoms with Crippen molar-refractivity contribution < 1.29 is 4.79 Å². The molecule has 1 rings (SSSR count). The van der Waals surface area contributed by atoms with Gasteiger partial charge in [0.2, 0.25) is 0 Å². The molecule has 0 atom stereocenters. The molecule has 0 saturated carbocycles. The third-order valence-electron chi connectivity index (χ3n) is 2.42. The van der Waals surface area contributed by atoms with Crippen LogP contribution in [0.3, 0.4) is 0 Å². The molecule has 0 aliphatic carbocycles. The van der Waals surface area contributed by atoms with Crippen molar-refractivity contribution >= 4 is 11.8 Å². The van der Waals surface area contributed by atoms with Gasteiger partial charge in [-0.3, -0.25) is 4.79 Å². The van der Waals surface area contributed by atoms with E-state index in [0.717, 1.165) is 0 Å². The molecule has 0 radical (unpaired) electrons. The van der Waals surface area contributed by atoms with Crippen LogP contribution in [0, 0.1) is 0 Å². The molecule has 106 valence electrons. The van der Waals surface area contributed by atoms with E-state index in [9.17, 15) is 9.59 Å². The number of carbonyl (C=O) groups is 1. The van der Waals surface area contributed by atoms with Gasteiger partial charge in [-0.1, -0.05) is 13.8 Å². The molecule has 7 nitrogen and oxygen atoms in total. The van der Waals surface area contributed by atoms with Gasteiger partial charge in [0.15, 0.2) is 0 Å². The summed E-state index contributed by atoms with van der Waals surface area (Å²) in [5.41, 5.74) is -0.182. The van der Waals surface area contributed by atoms with E-state index < -0.39 is 0 Å². The Morgan fingerprint density at radius 1 is 1.42 bits per heavy atom. The molecule has 0 aromatic carbocycles. The van der Waals surface area contributed by atoms with Gasteiger partial charge in [0.1, 0.15) is 11.6 Å². The van der Waals surface area contributed by atoms with Crippen LogP contribution in [0.4, 0.5) is 10.6 Å². The largest absolute Gasteiger partial charge is 0.368 e. The first kappa shape index (κ1) is 15.0. The summed E-state index contributed by atoms with van der Waals surface area (Å²) < 4.78 is 0. The van der Waals surface area contributed by atoms with E-state index in [-0.39, 0.29) is 17.5 Å².